The minimum Gasteiger partial charge on any atom is -0.309 e. The van der Waals surface area contributed by atoms with Crippen LogP contribution >= 0.6 is 0 Å². The summed E-state index contributed by atoms with van der Waals surface area (Å²) >= 11 is 0. The molecule has 0 aliphatic rings. The molecule has 2 aromatic carbocycles. The number of aryl methyl sites for hydroxylation is 1. The van der Waals surface area contributed by atoms with E-state index in [9.17, 15) is 10.1 Å². The average Bonchev–Trinajstić information content (AvgIpc) is 3.11. The standard InChI is InChI=1S/C22H17N5O/c1-15-11-20(25-19-10-6-5-9-18(15)19)27-22(17(13-23)14-24-27)26-21(28)12-16-7-3-2-4-8-16/h2-11,14H,12H2,1H3,(H,26,28). The van der Waals surface area contributed by atoms with Crippen LogP contribution in [0.4, 0.5) is 5.82 Å². The number of rotatable bonds is 4. The second kappa shape index (κ2) is 7.33. The summed E-state index contributed by atoms with van der Waals surface area (Å²) in [6, 6.07) is 21.2. The highest BCUT2D eigenvalue weighted by molar-refractivity contribution is 5.93. The second-order valence-electron chi connectivity index (χ2n) is 6.46. The van der Waals surface area contributed by atoms with Crippen molar-refractivity contribution in [1.82, 2.24) is 14.8 Å². The van der Waals surface area contributed by atoms with Gasteiger partial charge in [0.15, 0.2) is 11.6 Å². The maximum Gasteiger partial charge on any atom is 0.229 e. The largest absolute Gasteiger partial charge is 0.309 e. The molecule has 4 aromatic rings. The van der Waals surface area contributed by atoms with Gasteiger partial charge in [-0.1, -0.05) is 48.5 Å². The number of aromatic nitrogens is 3. The molecule has 0 aliphatic carbocycles. The lowest BCUT2D eigenvalue weighted by Gasteiger charge is -2.11. The van der Waals surface area contributed by atoms with Gasteiger partial charge >= 0.3 is 0 Å². The van der Waals surface area contributed by atoms with Crippen LogP contribution in [0.3, 0.4) is 0 Å². The van der Waals surface area contributed by atoms with E-state index in [4.69, 9.17) is 0 Å². The molecule has 2 aromatic heterocycles. The van der Waals surface area contributed by atoms with E-state index in [0.29, 0.717) is 11.6 Å². The number of hydrogen-bond acceptors (Lipinski definition) is 4. The third-order valence-electron chi connectivity index (χ3n) is 4.48. The molecule has 0 fully saturated rings. The first-order valence-electron chi connectivity index (χ1n) is 8.84. The van der Waals surface area contributed by atoms with Gasteiger partial charge in [0.25, 0.3) is 0 Å². The van der Waals surface area contributed by atoms with Gasteiger partial charge < -0.3 is 5.32 Å². The van der Waals surface area contributed by atoms with Crippen molar-refractivity contribution in [2.24, 2.45) is 0 Å². The Morgan fingerprint density at radius 1 is 1.14 bits per heavy atom. The van der Waals surface area contributed by atoms with Crippen molar-refractivity contribution in [3.05, 3.63) is 83.6 Å². The monoisotopic (exact) mass is 367 g/mol. The number of nitriles is 1. The fourth-order valence-corrected chi connectivity index (χ4v) is 3.12. The van der Waals surface area contributed by atoms with E-state index in [2.05, 4.69) is 21.5 Å². The molecule has 1 amide bonds. The molecular weight excluding hydrogens is 350 g/mol. The van der Waals surface area contributed by atoms with Gasteiger partial charge in [-0.2, -0.15) is 15.0 Å². The summed E-state index contributed by atoms with van der Waals surface area (Å²) in [5, 5.41) is 17.6. The van der Waals surface area contributed by atoms with Gasteiger partial charge in [0, 0.05) is 5.39 Å². The third kappa shape index (κ3) is 3.33. The molecule has 136 valence electrons. The normalized spacial score (nSPS) is 10.6. The highest BCUT2D eigenvalue weighted by Crippen LogP contribution is 2.23. The smallest absolute Gasteiger partial charge is 0.229 e. The summed E-state index contributed by atoms with van der Waals surface area (Å²) in [6.07, 6.45) is 1.64. The van der Waals surface area contributed by atoms with E-state index >= 15 is 0 Å². The summed E-state index contributed by atoms with van der Waals surface area (Å²) in [5.74, 6) is 0.653. The molecule has 1 N–H and O–H groups in total. The summed E-state index contributed by atoms with van der Waals surface area (Å²) < 4.78 is 1.50. The van der Waals surface area contributed by atoms with Gasteiger partial charge in [-0.25, -0.2) is 4.98 Å². The van der Waals surface area contributed by atoms with Gasteiger partial charge in [-0.15, -0.1) is 0 Å². The molecule has 0 spiro atoms. The molecule has 0 saturated heterocycles. The first-order valence-corrected chi connectivity index (χ1v) is 8.84. The first kappa shape index (κ1) is 17.4. The fraction of sp³-hybridized carbons (Fsp3) is 0.0909. The number of pyridine rings is 1. The quantitative estimate of drug-likeness (QED) is 0.595. The van der Waals surface area contributed by atoms with E-state index in [1.807, 2.05) is 67.6 Å². The van der Waals surface area contributed by atoms with E-state index in [0.717, 1.165) is 22.0 Å². The lowest BCUT2D eigenvalue weighted by molar-refractivity contribution is -0.115. The predicted octanol–water partition coefficient (Wildman–Crippen LogP) is 3.78. The lowest BCUT2D eigenvalue weighted by Crippen LogP contribution is -2.18. The van der Waals surface area contributed by atoms with Crippen molar-refractivity contribution in [2.75, 3.05) is 5.32 Å². The Kier molecular flexibility index (Phi) is 4.56. The number of fused-ring (bicyclic) bond motifs is 1. The Bertz CT molecular complexity index is 1200. The predicted molar refractivity (Wildman–Crippen MR) is 107 cm³/mol. The molecule has 0 radical (unpaired) electrons. The summed E-state index contributed by atoms with van der Waals surface area (Å²) in [6.45, 7) is 2.00. The zero-order valence-electron chi connectivity index (χ0n) is 15.3. The first-order chi connectivity index (χ1) is 13.7. The Hall–Kier alpha value is -3.98. The average molecular weight is 367 g/mol. The number of hydrogen-bond donors (Lipinski definition) is 1. The van der Waals surface area contributed by atoms with Crippen LogP contribution in [0, 0.1) is 18.3 Å². The van der Waals surface area contributed by atoms with Gasteiger partial charge in [-0.3, -0.25) is 4.79 Å². The molecule has 0 saturated carbocycles. The molecule has 0 aliphatic heterocycles. The molecule has 6 heteroatoms. The van der Waals surface area contributed by atoms with Crippen LogP contribution in [0.2, 0.25) is 0 Å². The number of nitrogens with zero attached hydrogens (tertiary/aromatic N) is 4. The van der Waals surface area contributed by atoms with E-state index < -0.39 is 0 Å². The van der Waals surface area contributed by atoms with E-state index in [1.165, 1.54) is 10.9 Å². The zero-order valence-corrected chi connectivity index (χ0v) is 15.3. The maximum atomic E-state index is 12.5. The van der Waals surface area contributed by atoms with Crippen molar-refractivity contribution < 1.29 is 4.79 Å². The van der Waals surface area contributed by atoms with Crippen LogP contribution in [-0.2, 0) is 11.2 Å². The number of anilines is 1. The third-order valence-corrected chi connectivity index (χ3v) is 4.48. The number of nitrogens with one attached hydrogen (secondary N) is 1. The van der Waals surface area contributed by atoms with Gasteiger partial charge in [0.05, 0.1) is 18.1 Å². The number of para-hydroxylation sites is 1. The number of carbonyl (C=O) groups is 1. The Morgan fingerprint density at radius 2 is 1.89 bits per heavy atom. The Morgan fingerprint density at radius 3 is 2.68 bits per heavy atom. The molecule has 28 heavy (non-hydrogen) atoms. The molecule has 2 heterocycles. The van der Waals surface area contributed by atoms with Crippen LogP contribution in [0.5, 0.6) is 0 Å². The van der Waals surface area contributed by atoms with Crippen LogP contribution in [0.15, 0.2) is 66.9 Å². The summed E-state index contributed by atoms with van der Waals surface area (Å²) in [5.41, 5.74) is 3.04. The fourth-order valence-electron chi connectivity index (χ4n) is 3.12. The summed E-state index contributed by atoms with van der Waals surface area (Å²) in [4.78, 5) is 17.2. The molecule has 6 nitrogen and oxygen atoms in total. The highest BCUT2D eigenvalue weighted by Gasteiger charge is 2.17. The minimum absolute atomic E-state index is 0.209. The van der Waals surface area contributed by atoms with Crippen molar-refractivity contribution in [1.29, 1.82) is 5.26 Å². The second-order valence-corrected chi connectivity index (χ2v) is 6.46. The van der Waals surface area contributed by atoms with Crippen molar-refractivity contribution >= 4 is 22.6 Å². The van der Waals surface area contributed by atoms with Crippen molar-refractivity contribution in [3.63, 3.8) is 0 Å². The summed E-state index contributed by atoms with van der Waals surface area (Å²) in [7, 11) is 0. The molecular formula is C22H17N5O. The van der Waals surface area contributed by atoms with Crippen LogP contribution in [-0.4, -0.2) is 20.7 Å². The topological polar surface area (TPSA) is 83.6 Å². The molecule has 0 unspecified atom stereocenters. The Labute approximate surface area is 162 Å². The molecule has 4 rings (SSSR count). The highest BCUT2D eigenvalue weighted by atomic mass is 16.1. The van der Waals surface area contributed by atoms with E-state index in [1.54, 1.807) is 0 Å². The van der Waals surface area contributed by atoms with Crippen LogP contribution < -0.4 is 5.32 Å². The van der Waals surface area contributed by atoms with Gasteiger partial charge in [0.2, 0.25) is 5.91 Å². The SMILES string of the molecule is Cc1cc(-n2ncc(C#N)c2NC(=O)Cc2ccccc2)nc2ccccc12. The maximum absolute atomic E-state index is 12.5. The number of amides is 1. The van der Waals surface area contributed by atoms with Crippen molar-refractivity contribution in [3.8, 4) is 11.9 Å². The van der Waals surface area contributed by atoms with Gasteiger partial charge in [-0.05, 0) is 30.2 Å². The number of benzene rings is 2. The lowest BCUT2D eigenvalue weighted by atomic mass is 10.1. The van der Waals surface area contributed by atoms with E-state index in [-0.39, 0.29) is 17.9 Å². The van der Waals surface area contributed by atoms with Crippen molar-refractivity contribution in [2.45, 2.75) is 13.3 Å². The molecule has 0 atom stereocenters. The minimum atomic E-state index is -0.220. The van der Waals surface area contributed by atoms with Crippen LogP contribution in [0.25, 0.3) is 16.7 Å². The Balaban J connectivity index is 1.71. The number of carbonyl (C=O) groups excluding carboxylic acids is 1. The molecule has 0 bridgehead atoms. The van der Waals surface area contributed by atoms with Crippen LogP contribution in [0.1, 0.15) is 16.7 Å². The van der Waals surface area contributed by atoms with Gasteiger partial charge in [0.1, 0.15) is 11.6 Å². The zero-order chi connectivity index (χ0) is 19.5.